The Hall–Kier alpha value is -3.91. The fraction of sp³-hybridized carbons (Fsp3) is 0.240. The molecule has 8 nitrogen and oxygen atoms in total. The molecule has 172 valence electrons. The zero-order valence-electron chi connectivity index (χ0n) is 17.9. The molecule has 3 aromatic carbocycles. The molecule has 0 aliphatic carbocycles. The fourth-order valence-corrected chi connectivity index (χ4v) is 3.32. The number of aliphatic carboxylic acids is 1. The summed E-state index contributed by atoms with van der Waals surface area (Å²) in [7, 11) is 0. The van der Waals surface area contributed by atoms with Crippen LogP contribution < -0.4 is 10.6 Å². The summed E-state index contributed by atoms with van der Waals surface area (Å²) in [6.07, 6.45) is -2.17. The normalized spacial score (nSPS) is 12.5. The second-order valence-corrected chi connectivity index (χ2v) is 7.64. The molecule has 0 aromatic heterocycles. The van der Waals surface area contributed by atoms with Crippen LogP contribution in [0.1, 0.15) is 17.5 Å². The summed E-state index contributed by atoms with van der Waals surface area (Å²) in [4.78, 5) is 35.6. The van der Waals surface area contributed by atoms with Crippen molar-refractivity contribution in [1.29, 1.82) is 0 Å². The molecule has 0 bridgehead atoms. The summed E-state index contributed by atoms with van der Waals surface area (Å²) in [5, 5.41) is 26.4. The van der Waals surface area contributed by atoms with E-state index in [1.165, 1.54) is 0 Å². The summed E-state index contributed by atoms with van der Waals surface area (Å²) >= 11 is 0. The van der Waals surface area contributed by atoms with E-state index in [1.54, 1.807) is 0 Å². The number of hydrogen-bond acceptors (Lipinski definition) is 5. The Morgan fingerprint density at radius 2 is 1.58 bits per heavy atom. The molecule has 0 saturated heterocycles. The van der Waals surface area contributed by atoms with E-state index < -0.39 is 30.1 Å². The van der Waals surface area contributed by atoms with Crippen LogP contribution in [0.3, 0.4) is 0 Å². The van der Waals surface area contributed by atoms with Gasteiger partial charge in [0, 0.05) is 13.0 Å². The van der Waals surface area contributed by atoms with E-state index in [0.29, 0.717) is 0 Å². The van der Waals surface area contributed by atoms with Crippen molar-refractivity contribution in [1.82, 2.24) is 10.6 Å². The van der Waals surface area contributed by atoms with E-state index in [2.05, 4.69) is 10.6 Å². The zero-order chi connectivity index (χ0) is 23.6. The molecule has 0 unspecified atom stereocenters. The third-order valence-corrected chi connectivity index (χ3v) is 5.00. The average molecular weight is 450 g/mol. The lowest BCUT2D eigenvalue weighted by Crippen LogP contribution is -2.44. The predicted molar refractivity (Wildman–Crippen MR) is 122 cm³/mol. The van der Waals surface area contributed by atoms with E-state index in [-0.39, 0.29) is 26.0 Å². The molecule has 0 aliphatic rings. The number of amides is 2. The zero-order valence-corrected chi connectivity index (χ0v) is 17.9. The van der Waals surface area contributed by atoms with Gasteiger partial charge in [0.05, 0.1) is 12.5 Å². The Morgan fingerprint density at radius 3 is 2.30 bits per heavy atom. The largest absolute Gasteiger partial charge is 0.480 e. The van der Waals surface area contributed by atoms with Crippen LogP contribution in [-0.2, 0) is 27.4 Å². The highest BCUT2D eigenvalue weighted by atomic mass is 16.5. The minimum absolute atomic E-state index is 0.0817. The Morgan fingerprint density at radius 1 is 0.879 bits per heavy atom. The molecule has 0 heterocycles. The van der Waals surface area contributed by atoms with Gasteiger partial charge < -0.3 is 25.6 Å². The number of aliphatic hydroxyl groups is 1. The van der Waals surface area contributed by atoms with Gasteiger partial charge in [0.2, 0.25) is 5.91 Å². The van der Waals surface area contributed by atoms with Crippen LogP contribution in [0.25, 0.3) is 10.8 Å². The van der Waals surface area contributed by atoms with Crippen molar-refractivity contribution in [3.05, 3.63) is 83.9 Å². The first-order chi connectivity index (χ1) is 15.9. The lowest BCUT2D eigenvalue weighted by atomic mass is 10.0. The summed E-state index contributed by atoms with van der Waals surface area (Å²) in [5.41, 5.74) is 1.59. The molecule has 3 aromatic rings. The monoisotopic (exact) mass is 450 g/mol. The standard InChI is InChI=1S/C25H26N2O6/c28-21(15-26-25(32)33-16-17-6-2-1-3-7-17)14-23(29)27-22(24(30)31)13-18-10-11-19-8-4-5-9-20(19)12-18/h1-12,21-22,28H,13-16H2,(H,26,32)(H,27,29)(H,30,31)/t21-,22+/m0/s1. The lowest BCUT2D eigenvalue weighted by molar-refractivity contribution is -0.142. The second-order valence-electron chi connectivity index (χ2n) is 7.64. The van der Waals surface area contributed by atoms with Gasteiger partial charge in [0.15, 0.2) is 0 Å². The van der Waals surface area contributed by atoms with Gasteiger partial charge in [-0.15, -0.1) is 0 Å². The number of nitrogens with one attached hydrogen (secondary N) is 2. The molecule has 4 N–H and O–H groups in total. The topological polar surface area (TPSA) is 125 Å². The maximum atomic E-state index is 12.2. The molecule has 3 rings (SSSR count). The number of hydrogen-bond donors (Lipinski definition) is 4. The van der Waals surface area contributed by atoms with Gasteiger partial charge in [-0.2, -0.15) is 0 Å². The van der Waals surface area contributed by atoms with E-state index in [9.17, 15) is 24.6 Å². The molecule has 0 spiro atoms. The van der Waals surface area contributed by atoms with Crippen LogP contribution >= 0.6 is 0 Å². The number of ether oxygens (including phenoxy) is 1. The summed E-state index contributed by atoms with van der Waals surface area (Å²) < 4.78 is 5.04. The van der Waals surface area contributed by atoms with Gasteiger partial charge in [0.1, 0.15) is 12.6 Å². The van der Waals surface area contributed by atoms with Crippen molar-refractivity contribution in [2.24, 2.45) is 0 Å². The molecule has 8 heteroatoms. The molecule has 0 fully saturated rings. The van der Waals surface area contributed by atoms with E-state index in [0.717, 1.165) is 21.9 Å². The van der Waals surface area contributed by atoms with E-state index in [4.69, 9.17) is 4.74 Å². The second kappa shape index (κ2) is 11.6. The van der Waals surface area contributed by atoms with Crippen LogP contribution in [-0.4, -0.2) is 46.9 Å². The quantitative estimate of drug-likeness (QED) is 0.376. The number of carboxylic acids is 1. The first-order valence-corrected chi connectivity index (χ1v) is 10.5. The van der Waals surface area contributed by atoms with Gasteiger partial charge in [-0.05, 0) is 21.9 Å². The molecule has 0 saturated carbocycles. The minimum Gasteiger partial charge on any atom is -0.480 e. The van der Waals surface area contributed by atoms with Gasteiger partial charge in [-0.3, -0.25) is 4.79 Å². The minimum atomic E-state index is -1.19. The number of alkyl carbamates (subject to hydrolysis) is 1. The van der Waals surface area contributed by atoms with Crippen LogP contribution in [0, 0.1) is 0 Å². The van der Waals surface area contributed by atoms with Gasteiger partial charge in [-0.1, -0.05) is 72.8 Å². The highest BCUT2D eigenvalue weighted by molar-refractivity contribution is 5.85. The van der Waals surface area contributed by atoms with Crippen LogP contribution in [0.2, 0.25) is 0 Å². The number of aliphatic hydroxyl groups excluding tert-OH is 1. The molecule has 33 heavy (non-hydrogen) atoms. The third kappa shape index (κ3) is 7.62. The maximum absolute atomic E-state index is 12.2. The molecular weight excluding hydrogens is 424 g/mol. The highest BCUT2D eigenvalue weighted by Crippen LogP contribution is 2.17. The van der Waals surface area contributed by atoms with Crippen molar-refractivity contribution in [2.75, 3.05) is 6.54 Å². The number of carbonyl (C=O) groups is 3. The summed E-state index contributed by atoms with van der Waals surface area (Å²) in [6.45, 7) is -0.123. The summed E-state index contributed by atoms with van der Waals surface area (Å²) in [5.74, 6) is -1.80. The van der Waals surface area contributed by atoms with Crippen LogP contribution in [0.5, 0.6) is 0 Å². The van der Waals surface area contributed by atoms with Crippen molar-refractivity contribution in [2.45, 2.75) is 31.6 Å². The molecule has 2 atom stereocenters. The van der Waals surface area contributed by atoms with Crippen molar-refractivity contribution in [3.63, 3.8) is 0 Å². The SMILES string of the molecule is O=C(C[C@H](O)CNC(=O)OCc1ccccc1)N[C@H](Cc1ccc2ccccc2c1)C(=O)O. The Bertz CT molecular complexity index is 1100. The Kier molecular flexibility index (Phi) is 8.37. The lowest BCUT2D eigenvalue weighted by Gasteiger charge is -2.17. The smallest absolute Gasteiger partial charge is 0.407 e. The first kappa shape index (κ1) is 23.7. The predicted octanol–water partition coefficient (Wildman–Crippen LogP) is 2.63. The average Bonchev–Trinajstić information content (AvgIpc) is 2.81. The molecule has 0 radical (unpaired) electrons. The van der Waals surface area contributed by atoms with Gasteiger partial charge >= 0.3 is 12.1 Å². The fourth-order valence-electron chi connectivity index (χ4n) is 3.32. The molecule has 2 amide bonds. The molecule has 0 aliphatic heterocycles. The van der Waals surface area contributed by atoms with Crippen molar-refractivity contribution in [3.8, 4) is 0 Å². The number of rotatable bonds is 10. The number of benzene rings is 3. The third-order valence-electron chi connectivity index (χ3n) is 5.00. The number of carboxylic acid groups (broad SMARTS) is 1. The van der Waals surface area contributed by atoms with E-state index in [1.807, 2.05) is 72.8 Å². The van der Waals surface area contributed by atoms with Crippen LogP contribution in [0.4, 0.5) is 4.79 Å². The maximum Gasteiger partial charge on any atom is 0.407 e. The van der Waals surface area contributed by atoms with Gasteiger partial charge in [0.25, 0.3) is 0 Å². The Labute approximate surface area is 191 Å². The van der Waals surface area contributed by atoms with Gasteiger partial charge in [-0.25, -0.2) is 9.59 Å². The highest BCUT2D eigenvalue weighted by Gasteiger charge is 2.22. The van der Waals surface area contributed by atoms with Crippen LogP contribution in [0.15, 0.2) is 72.8 Å². The summed E-state index contributed by atoms with van der Waals surface area (Å²) in [6, 6.07) is 21.3. The first-order valence-electron chi connectivity index (χ1n) is 10.5. The van der Waals surface area contributed by atoms with E-state index >= 15 is 0 Å². The van der Waals surface area contributed by atoms with Crippen molar-refractivity contribution >= 4 is 28.7 Å². The number of fused-ring (bicyclic) bond motifs is 1. The Balaban J connectivity index is 1.44. The molecular formula is C25H26N2O6. The number of carbonyl (C=O) groups excluding carboxylic acids is 2. The van der Waals surface area contributed by atoms with Crippen molar-refractivity contribution < 1.29 is 29.3 Å².